The van der Waals surface area contributed by atoms with E-state index < -0.39 is 23.9 Å². The largest absolute Gasteiger partial charge is 0.481 e. The minimum atomic E-state index is -0.936. The van der Waals surface area contributed by atoms with E-state index in [0.717, 1.165) is 19.3 Å². The molecule has 5 heteroatoms. The second-order valence-electron chi connectivity index (χ2n) is 7.30. The van der Waals surface area contributed by atoms with E-state index in [9.17, 15) is 14.7 Å². The SMILES string of the molecule is O=C(O)[C@@H]1[C@H](C(=O)N2CCC(Cc3ccccc3)CC2)[C@H]2C=C[C@H]1O2. The van der Waals surface area contributed by atoms with Gasteiger partial charge in [-0.25, -0.2) is 0 Å². The Morgan fingerprint density at radius 3 is 2.32 bits per heavy atom. The number of carboxylic acid groups (broad SMARTS) is 1. The molecule has 1 aromatic carbocycles. The topological polar surface area (TPSA) is 66.8 Å². The first-order valence-electron chi connectivity index (χ1n) is 9.03. The van der Waals surface area contributed by atoms with Crippen LogP contribution in [0.3, 0.4) is 0 Å². The summed E-state index contributed by atoms with van der Waals surface area (Å²) in [5.74, 6) is -1.72. The fourth-order valence-corrected chi connectivity index (χ4v) is 4.41. The molecule has 0 radical (unpaired) electrons. The third-order valence-electron chi connectivity index (χ3n) is 5.76. The number of hydrogen-bond acceptors (Lipinski definition) is 3. The molecule has 0 aliphatic carbocycles. The Labute approximate surface area is 147 Å². The van der Waals surface area contributed by atoms with Crippen LogP contribution in [0.25, 0.3) is 0 Å². The molecule has 3 aliphatic rings. The quantitative estimate of drug-likeness (QED) is 0.852. The fraction of sp³-hybridized carbons (Fsp3) is 0.500. The molecule has 0 spiro atoms. The van der Waals surface area contributed by atoms with Gasteiger partial charge in [0, 0.05) is 13.1 Å². The Hall–Kier alpha value is -2.14. The number of amides is 1. The summed E-state index contributed by atoms with van der Waals surface area (Å²) >= 11 is 0. The van der Waals surface area contributed by atoms with Crippen molar-refractivity contribution in [3.63, 3.8) is 0 Å². The first-order chi connectivity index (χ1) is 12.1. The van der Waals surface area contributed by atoms with Crippen molar-refractivity contribution >= 4 is 11.9 Å². The number of likely N-dealkylation sites (tertiary alicyclic amines) is 1. The summed E-state index contributed by atoms with van der Waals surface area (Å²) in [6.07, 6.45) is 5.77. The van der Waals surface area contributed by atoms with E-state index in [1.807, 2.05) is 17.0 Å². The molecule has 4 atom stereocenters. The lowest BCUT2D eigenvalue weighted by molar-refractivity contribution is -0.150. The number of nitrogens with zero attached hydrogens (tertiary/aromatic N) is 1. The van der Waals surface area contributed by atoms with Crippen molar-refractivity contribution in [3.05, 3.63) is 48.0 Å². The Morgan fingerprint density at radius 2 is 1.68 bits per heavy atom. The normalized spacial score (nSPS) is 31.4. The minimum Gasteiger partial charge on any atom is -0.481 e. The van der Waals surface area contributed by atoms with Crippen molar-refractivity contribution in [1.29, 1.82) is 0 Å². The molecule has 2 fully saturated rings. The van der Waals surface area contributed by atoms with Gasteiger partial charge in [-0.15, -0.1) is 0 Å². The summed E-state index contributed by atoms with van der Waals surface area (Å²) in [4.78, 5) is 26.3. The highest BCUT2D eigenvalue weighted by atomic mass is 16.5. The highest BCUT2D eigenvalue weighted by molar-refractivity contribution is 5.87. The number of benzene rings is 1. The van der Waals surface area contributed by atoms with Crippen molar-refractivity contribution in [2.45, 2.75) is 31.5 Å². The molecule has 132 valence electrons. The van der Waals surface area contributed by atoms with Gasteiger partial charge in [0.25, 0.3) is 0 Å². The monoisotopic (exact) mass is 341 g/mol. The maximum atomic E-state index is 12.9. The Balaban J connectivity index is 1.37. The van der Waals surface area contributed by atoms with Gasteiger partial charge in [-0.3, -0.25) is 9.59 Å². The zero-order valence-electron chi connectivity index (χ0n) is 14.1. The van der Waals surface area contributed by atoms with Gasteiger partial charge >= 0.3 is 5.97 Å². The number of ether oxygens (including phenoxy) is 1. The molecule has 3 aliphatic heterocycles. The molecule has 4 rings (SSSR count). The predicted molar refractivity (Wildman–Crippen MR) is 91.9 cm³/mol. The molecule has 0 unspecified atom stereocenters. The Morgan fingerprint density at radius 1 is 1.04 bits per heavy atom. The highest BCUT2D eigenvalue weighted by Crippen LogP contribution is 2.40. The third-order valence-corrected chi connectivity index (χ3v) is 5.76. The average Bonchev–Trinajstić information content (AvgIpc) is 3.24. The van der Waals surface area contributed by atoms with Gasteiger partial charge < -0.3 is 14.7 Å². The standard InChI is InChI=1S/C20H23NO4/c22-19(17-15-6-7-16(25-15)18(17)20(23)24)21-10-8-14(9-11-21)12-13-4-2-1-3-5-13/h1-7,14-18H,8-12H2,(H,23,24)/t15-,16-,17-,18+/m1/s1. The zero-order chi connectivity index (χ0) is 17.4. The maximum Gasteiger partial charge on any atom is 0.310 e. The van der Waals surface area contributed by atoms with Crippen LogP contribution in [0.2, 0.25) is 0 Å². The van der Waals surface area contributed by atoms with Gasteiger partial charge in [0.2, 0.25) is 5.91 Å². The van der Waals surface area contributed by atoms with Gasteiger partial charge in [0.1, 0.15) is 5.92 Å². The molecular weight excluding hydrogens is 318 g/mol. The minimum absolute atomic E-state index is 0.0533. The van der Waals surface area contributed by atoms with E-state index in [1.54, 1.807) is 6.08 Å². The molecular formula is C20H23NO4. The van der Waals surface area contributed by atoms with Crippen LogP contribution in [0.1, 0.15) is 18.4 Å². The molecule has 1 amide bonds. The smallest absolute Gasteiger partial charge is 0.310 e. The number of carboxylic acids is 1. The summed E-state index contributed by atoms with van der Waals surface area (Å²) in [7, 11) is 0. The van der Waals surface area contributed by atoms with Gasteiger partial charge in [0.15, 0.2) is 0 Å². The average molecular weight is 341 g/mol. The lowest BCUT2D eigenvalue weighted by atomic mass is 9.81. The molecule has 1 aromatic rings. The second kappa shape index (κ2) is 6.64. The van der Waals surface area contributed by atoms with Crippen molar-refractivity contribution in [2.24, 2.45) is 17.8 Å². The van der Waals surface area contributed by atoms with Crippen molar-refractivity contribution in [2.75, 3.05) is 13.1 Å². The molecule has 5 nitrogen and oxygen atoms in total. The van der Waals surface area contributed by atoms with Crippen LogP contribution in [0.15, 0.2) is 42.5 Å². The summed E-state index contributed by atoms with van der Waals surface area (Å²) in [5, 5.41) is 9.47. The van der Waals surface area contributed by atoms with Crippen molar-refractivity contribution in [1.82, 2.24) is 4.90 Å². The fourth-order valence-electron chi connectivity index (χ4n) is 4.41. The number of carbonyl (C=O) groups is 2. The van der Waals surface area contributed by atoms with Gasteiger partial charge in [-0.05, 0) is 30.7 Å². The van der Waals surface area contributed by atoms with Crippen LogP contribution in [-0.2, 0) is 20.7 Å². The predicted octanol–water partition coefficient (Wildman–Crippen LogP) is 2.12. The van der Waals surface area contributed by atoms with Crippen LogP contribution in [-0.4, -0.2) is 47.2 Å². The summed E-state index contributed by atoms with van der Waals surface area (Å²) in [6, 6.07) is 10.4. The van der Waals surface area contributed by atoms with Crippen molar-refractivity contribution < 1.29 is 19.4 Å². The summed E-state index contributed by atoms with van der Waals surface area (Å²) in [5.41, 5.74) is 1.34. The maximum absolute atomic E-state index is 12.9. The lowest BCUT2D eigenvalue weighted by Crippen LogP contribution is -2.47. The Bertz CT molecular complexity index is 678. The van der Waals surface area contributed by atoms with E-state index >= 15 is 0 Å². The second-order valence-corrected chi connectivity index (χ2v) is 7.30. The molecule has 0 saturated carbocycles. The van der Waals surface area contributed by atoms with E-state index in [4.69, 9.17) is 4.74 Å². The van der Waals surface area contributed by atoms with Crippen LogP contribution in [0.4, 0.5) is 0 Å². The van der Waals surface area contributed by atoms with Gasteiger partial charge in [-0.1, -0.05) is 42.5 Å². The van der Waals surface area contributed by atoms with Crippen LogP contribution < -0.4 is 0 Å². The summed E-state index contributed by atoms with van der Waals surface area (Å²) < 4.78 is 5.63. The number of hydrogen-bond donors (Lipinski definition) is 1. The Kier molecular flexibility index (Phi) is 4.34. The third kappa shape index (κ3) is 3.09. The van der Waals surface area contributed by atoms with E-state index in [2.05, 4.69) is 24.3 Å². The lowest BCUT2D eigenvalue weighted by Gasteiger charge is -2.35. The van der Waals surface area contributed by atoms with Crippen LogP contribution in [0.5, 0.6) is 0 Å². The number of rotatable bonds is 4. The van der Waals surface area contributed by atoms with Gasteiger partial charge in [-0.2, -0.15) is 0 Å². The molecule has 25 heavy (non-hydrogen) atoms. The molecule has 3 heterocycles. The first-order valence-corrected chi connectivity index (χ1v) is 9.03. The number of carbonyl (C=O) groups excluding carboxylic acids is 1. The van der Waals surface area contributed by atoms with Gasteiger partial charge in [0.05, 0.1) is 18.1 Å². The molecule has 2 bridgehead atoms. The summed E-state index contributed by atoms with van der Waals surface area (Å²) in [6.45, 7) is 1.42. The van der Waals surface area contributed by atoms with Crippen LogP contribution >= 0.6 is 0 Å². The zero-order valence-corrected chi connectivity index (χ0v) is 14.1. The van der Waals surface area contributed by atoms with E-state index in [0.29, 0.717) is 19.0 Å². The van der Waals surface area contributed by atoms with E-state index in [1.165, 1.54) is 5.56 Å². The van der Waals surface area contributed by atoms with E-state index in [-0.39, 0.29) is 12.0 Å². The van der Waals surface area contributed by atoms with Crippen molar-refractivity contribution in [3.8, 4) is 0 Å². The molecule has 2 saturated heterocycles. The first kappa shape index (κ1) is 16.3. The highest BCUT2D eigenvalue weighted by Gasteiger charge is 2.54. The molecule has 0 aromatic heterocycles. The molecule has 1 N–H and O–H groups in total. The number of piperidine rings is 1. The van der Waals surface area contributed by atoms with Crippen LogP contribution in [0, 0.1) is 17.8 Å². The number of aliphatic carboxylic acids is 1. The number of fused-ring (bicyclic) bond motifs is 2.